The van der Waals surface area contributed by atoms with Gasteiger partial charge in [0, 0.05) is 17.1 Å². The van der Waals surface area contributed by atoms with Gasteiger partial charge in [-0.1, -0.05) is 11.2 Å². The molecule has 0 amide bonds. The number of rotatable bonds is 5. The Kier molecular flexibility index (Phi) is 4.35. The lowest BCUT2D eigenvalue weighted by atomic mass is 10.2. The van der Waals surface area contributed by atoms with Crippen LogP contribution in [-0.2, 0) is 23.1 Å². The third-order valence-electron chi connectivity index (χ3n) is 2.45. The predicted octanol–water partition coefficient (Wildman–Crippen LogP) is 1.37. The van der Waals surface area contributed by atoms with Gasteiger partial charge < -0.3 is 10.3 Å². The van der Waals surface area contributed by atoms with Crippen LogP contribution in [0.4, 0.5) is 0 Å². The van der Waals surface area contributed by atoms with Crippen LogP contribution in [0.5, 0.6) is 0 Å². The Labute approximate surface area is 119 Å². The summed E-state index contributed by atoms with van der Waals surface area (Å²) in [6, 6.07) is 6.46. The molecule has 8 heteroatoms. The lowest BCUT2D eigenvalue weighted by Gasteiger charge is -2.08. The van der Waals surface area contributed by atoms with Crippen molar-refractivity contribution in [2.75, 3.05) is 0 Å². The van der Waals surface area contributed by atoms with Gasteiger partial charge in [-0.2, -0.15) is 0 Å². The number of nitrogens with zero attached hydrogens (tertiary/aromatic N) is 1. The van der Waals surface area contributed by atoms with Crippen molar-refractivity contribution >= 4 is 26.0 Å². The highest BCUT2D eigenvalue weighted by atomic mass is 79.9. The van der Waals surface area contributed by atoms with Gasteiger partial charge in [0.2, 0.25) is 10.0 Å². The zero-order valence-electron chi connectivity index (χ0n) is 9.84. The predicted molar refractivity (Wildman–Crippen MR) is 72.6 cm³/mol. The molecule has 0 fully saturated rings. The minimum atomic E-state index is -3.62. The van der Waals surface area contributed by atoms with Crippen molar-refractivity contribution < 1.29 is 12.9 Å². The number of sulfonamides is 1. The van der Waals surface area contributed by atoms with Gasteiger partial charge in [-0.25, -0.2) is 13.1 Å². The van der Waals surface area contributed by atoms with Gasteiger partial charge in [0.05, 0.1) is 17.6 Å². The molecule has 0 aliphatic rings. The molecule has 2 rings (SSSR count). The molecule has 0 aliphatic heterocycles. The van der Waals surface area contributed by atoms with Gasteiger partial charge >= 0.3 is 0 Å². The van der Waals surface area contributed by atoms with Crippen molar-refractivity contribution in [1.82, 2.24) is 9.88 Å². The Hall–Kier alpha value is -1.22. The molecule has 0 atom stereocenters. The molecule has 102 valence electrons. The highest BCUT2D eigenvalue weighted by Crippen LogP contribution is 2.23. The van der Waals surface area contributed by atoms with Crippen molar-refractivity contribution in [2.45, 2.75) is 18.0 Å². The SMILES string of the molecule is NCc1ccc(S(=O)(=O)NCc2ccno2)c(Br)c1. The second-order valence-electron chi connectivity index (χ2n) is 3.77. The van der Waals surface area contributed by atoms with Crippen LogP contribution in [0.25, 0.3) is 0 Å². The van der Waals surface area contributed by atoms with Crippen LogP contribution < -0.4 is 10.5 Å². The molecule has 3 N–H and O–H groups in total. The van der Waals surface area contributed by atoms with E-state index < -0.39 is 10.0 Å². The van der Waals surface area contributed by atoms with Gasteiger partial charge in [0.25, 0.3) is 0 Å². The van der Waals surface area contributed by atoms with Crippen LogP contribution in [0.3, 0.4) is 0 Å². The van der Waals surface area contributed by atoms with Gasteiger partial charge in [-0.05, 0) is 33.6 Å². The molecule has 0 bridgehead atoms. The van der Waals surface area contributed by atoms with Crippen LogP contribution in [0.1, 0.15) is 11.3 Å². The molecule has 0 spiro atoms. The van der Waals surface area contributed by atoms with Crippen molar-refractivity contribution in [3.05, 3.63) is 46.3 Å². The third-order valence-corrected chi connectivity index (χ3v) is 4.83. The minimum Gasteiger partial charge on any atom is -0.360 e. The number of hydrogen-bond donors (Lipinski definition) is 2. The van der Waals surface area contributed by atoms with E-state index in [0.29, 0.717) is 16.8 Å². The number of aromatic nitrogens is 1. The first-order valence-electron chi connectivity index (χ1n) is 5.40. The first kappa shape index (κ1) is 14.2. The lowest BCUT2D eigenvalue weighted by Crippen LogP contribution is -2.23. The summed E-state index contributed by atoms with van der Waals surface area (Å²) >= 11 is 3.23. The standard InChI is InChI=1S/C11H12BrN3O3S/c12-10-5-8(6-13)1-2-11(10)19(16,17)15-7-9-3-4-14-18-9/h1-5,15H,6-7,13H2. The van der Waals surface area contributed by atoms with Gasteiger partial charge in [0.15, 0.2) is 5.76 Å². The number of nitrogens with two attached hydrogens (primary N) is 1. The van der Waals surface area contributed by atoms with Crippen LogP contribution >= 0.6 is 15.9 Å². The number of halogens is 1. The van der Waals surface area contributed by atoms with E-state index in [2.05, 4.69) is 25.8 Å². The monoisotopic (exact) mass is 345 g/mol. The average Bonchev–Trinajstić information content (AvgIpc) is 2.89. The molecule has 1 heterocycles. The summed E-state index contributed by atoms with van der Waals surface area (Å²) in [6.07, 6.45) is 1.45. The van der Waals surface area contributed by atoms with E-state index in [0.717, 1.165) is 5.56 Å². The quantitative estimate of drug-likeness (QED) is 0.852. The normalized spacial score (nSPS) is 11.7. The second kappa shape index (κ2) is 5.83. The third kappa shape index (κ3) is 3.41. The Bertz CT molecular complexity index is 656. The fourth-order valence-electron chi connectivity index (χ4n) is 1.47. The summed E-state index contributed by atoms with van der Waals surface area (Å²) < 4.78 is 32.0. The summed E-state index contributed by atoms with van der Waals surface area (Å²) in [5.74, 6) is 0.443. The smallest absolute Gasteiger partial charge is 0.242 e. The van der Waals surface area contributed by atoms with Crippen LogP contribution in [-0.4, -0.2) is 13.6 Å². The average molecular weight is 346 g/mol. The molecule has 0 unspecified atom stereocenters. The zero-order valence-corrected chi connectivity index (χ0v) is 12.2. The molecule has 1 aromatic heterocycles. The van der Waals surface area contributed by atoms with Crippen molar-refractivity contribution in [1.29, 1.82) is 0 Å². The molecule has 2 aromatic rings. The lowest BCUT2D eigenvalue weighted by molar-refractivity contribution is 0.380. The fraction of sp³-hybridized carbons (Fsp3) is 0.182. The van der Waals surface area contributed by atoms with Crippen LogP contribution in [0.15, 0.2) is 44.4 Å². The molecule has 0 saturated heterocycles. The maximum absolute atomic E-state index is 12.1. The summed E-state index contributed by atoms with van der Waals surface area (Å²) in [7, 11) is -3.62. The summed E-state index contributed by atoms with van der Waals surface area (Å²) in [4.78, 5) is 0.157. The maximum Gasteiger partial charge on any atom is 0.242 e. The molecule has 19 heavy (non-hydrogen) atoms. The topological polar surface area (TPSA) is 98.2 Å². The van der Waals surface area contributed by atoms with E-state index in [-0.39, 0.29) is 11.4 Å². The molecule has 0 saturated carbocycles. The first-order chi connectivity index (χ1) is 9.03. The minimum absolute atomic E-state index is 0.0490. The van der Waals surface area contributed by atoms with Crippen molar-refractivity contribution in [3.63, 3.8) is 0 Å². The summed E-state index contributed by atoms with van der Waals surface area (Å²) in [6.45, 7) is 0.401. The Balaban J connectivity index is 2.19. The summed E-state index contributed by atoms with van der Waals surface area (Å²) in [5.41, 5.74) is 6.34. The molecule has 0 aliphatic carbocycles. The first-order valence-corrected chi connectivity index (χ1v) is 7.68. The fourth-order valence-corrected chi connectivity index (χ4v) is 3.58. The number of benzene rings is 1. The largest absolute Gasteiger partial charge is 0.360 e. The molecule has 6 nitrogen and oxygen atoms in total. The molecule has 1 aromatic carbocycles. The van der Waals surface area contributed by atoms with Gasteiger partial charge in [-0.3, -0.25) is 0 Å². The molecule has 0 radical (unpaired) electrons. The van der Waals surface area contributed by atoms with E-state index in [9.17, 15) is 8.42 Å². The summed E-state index contributed by atoms with van der Waals surface area (Å²) in [5, 5.41) is 3.50. The highest BCUT2D eigenvalue weighted by molar-refractivity contribution is 9.10. The molecular formula is C11H12BrN3O3S. The second-order valence-corrected chi connectivity index (χ2v) is 6.36. The van der Waals surface area contributed by atoms with Gasteiger partial charge in [0.1, 0.15) is 0 Å². The van der Waals surface area contributed by atoms with Crippen molar-refractivity contribution in [3.8, 4) is 0 Å². The van der Waals surface area contributed by atoms with E-state index in [1.807, 2.05) is 0 Å². The van der Waals surface area contributed by atoms with Gasteiger partial charge in [-0.15, -0.1) is 0 Å². The number of nitrogens with one attached hydrogen (secondary N) is 1. The van der Waals surface area contributed by atoms with E-state index in [4.69, 9.17) is 10.3 Å². The van der Waals surface area contributed by atoms with Crippen molar-refractivity contribution in [2.24, 2.45) is 5.73 Å². The number of hydrogen-bond acceptors (Lipinski definition) is 5. The van der Waals surface area contributed by atoms with E-state index in [1.54, 1.807) is 18.2 Å². The maximum atomic E-state index is 12.1. The zero-order chi connectivity index (χ0) is 13.9. The van der Waals surface area contributed by atoms with E-state index in [1.165, 1.54) is 12.3 Å². The highest BCUT2D eigenvalue weighted by Gasteiger charge is 2.18. The Morgan fingerprint density at radius 3 is 2.74 bits per heavy atom. The Morgan fingerprint density at radius 1 is 1.37 bits per heavy atom. The molecular weight excluding hydrogens is 334 g/mol. The van der Waals surface area contributed by atoms with Crippen LogP contribution in [0.2, 0.25) is 0 Å². The Morgan fingerprint density at radius 2 is 2.16 bits per heavy atom. The van der Waals surface area contributed by atoms with Crippen LogP contribution in [0, 0.1) is 0 Å². The van der Waals surface area contributed by atoms with E-state index >= 15 is 0 Å².